The SMILES string of the molecule is CN=C(NCc1ccc(N2CC=CC2)cc1)N1CCSC(C)(C)C1. The van der Waals surface area contributed by atoms with Crippen molar-refractivity contribution in [2.45, 2.75) is 25.1 Å². The molecule has 24 heavy (non-hydrogen) atoms. The average molecular weight is 345 g/mol. The van der Waals surface area contributed by atoms with Crippen molar-refractivity contribution in [2.24, 2.45) is 4.99 Å². The minimum atomic E-state index is 0.293. The van der Waals surface area contributed by atoms with Crippen LogP contribution in [0.5, 0.6) is 0 Å². The number of hydrogen-bond acceptors (Lipinski definition) is 3. The zero-order valence-corrected chi connectivity index (χ0v) is 15.8. The number of rotatable bonds is 3. The maximum atomic E-state index is 4.48. The molecule has 130 valence electrons. The largest absolute Gasteiger partial charge is 0.364 e. The molecule has 0 amide bonds. The summed E-state index contributed by atoms with van der Waals surface area (Å²) in [6.07, 6.45) is 4.44. The lowest BCUT2D eigenvalue weighted by atomic mass is 10.2. The van der Waals surface area contributed by atoms with Gasteiger partial charge in [0.05, 0.1) is 0 Å². The van der Waals surface area contributed by atoms with E-state index in [1.54, 1.807) is 0 Å². The summed E-state index contributed by atoms with van der Waals surface area (Å²) in [5.41, 5.74) is 2.58. The van der Waals surface area contributed by atoms with Crippen molar-refractivity contribution in [1.82, 2.24) is 10.2 Å². The molecule has 0 aliphatic carbocycles. The molecule has 4 nitrogen and oxygen atoms in total. The second-order valence-electron chi connectivity index (χ2n) is 6.97. The van der Waals surface area contributed by atoms with Crippen molar-refractivity contribution in [3.63, 3.8) is 0 Å². The van der Waals surface area contributed by atoms with E-state index in [1.807, 2.05) is 18.8 Å². The van der Waals surface area contributed by atoms with Crippen LogP contribution in [0.25, 0.3) is 0 Å². The highest BCUT2D eigenvalue weighted by Gasteiger charge is 2.28. The summed E-state index contributed by atoms with van der Waals surface area (Å²) in [6, 6.07) is 8.86. The summed E-state index contributed by atoms with van der Waals surface area (Å²) in [7, 11) is 1.88. The first-order valence-corrected chi connectivity index (χ1v) is 9.64. The van der Waals surface area contributed by atoms with E-state index in [0.717, 1.165) is 44.4 Å². The van der Waals surface area contributed by atoms with Crippen LogP contribution in [0.1, 0.15) is 19.4 Å². The molecule has 0 unspecified atom stereocenters. The van der Waals surface area contributed by atoms with Crippen molar-refractivity contribution in [3.8, 4) is 0 Å². The first kappa shape index (κ1) is 17.2. The summed E-state index contributed by atoms with van der Waals surface area (Å²) in [5.74, 6) is 2.17. The molecule has 1 aromatic rings. The van der Waals surface area contributed by atoms with Crippen molar-refractivity contribution >= 4 is 23.4 Å². The van der Waals surface area contributed by atoms with Crippen molar-refractivity contribution in [3.05, 3.63) is 42.0 Å². The Morgan fingerprint density at radius 2 is 1.92 bits per heavy atom. The summed E-state index contributed by atoms with van der Waals surface area (Å²) >= 11 is 2.05. The molecule has 3 rings (SSSR count). The zero-order chi connectivity index (χ0) is 17.0. The summed E-state index contributed by atoms with van der Waals surface area (Å²) in [6.45, 7) is 9.58. The molecule has 0 spiro atoms. The van der Waals surface area contributed by atoms with Crippen LogP contribution in [0.3, 0.4) is 0 Å². The molecule has 5 heteroatoms. The lowest BCUT2D eigenvalue weighted by Gasteiger charge is -2.39. The molecule has 0 radical (unpaired) electrons. The van der Waals surface area contributed by atoms with E-state index in [4.69, 9.17) is 0 Å². The maximum Gasteiger partial charge on any atom is 0.193 e. The van der Waals surface area contributed by atoms with Gasteiger partial charge >= 0.3 is 0 Å². The zero-order valence-electron chi connectivity index (χ0n) is 15.0. The molecule has 1 N–H and O–H groups in total. The Balaban J connectivity index is 1.55. The first-order valence-electron chi connectivity index (χ1n) is 8.66. The van der Waals surface area contributed by atoms with Gasteiger partial charge in [-0.3, -0.25) is 4.99 Å². The predicted molar refractivity (Wildman–Crippen MR) is 106 cm³/mol. The predicted octanol–water partition coefficient (Wildman–Crippen LogP) is 2.97. The number of thioether (sulfide) groups is 1. The number of aliphatic imine (C=N–C) groups is 1. The Morgan fingerprint density at radius 3 is 2.54 bits per heavy atom. The van der Waals surface area contributed by atoms with Gasteiger partial charge in [0.2, 0.25) is 0 Å². The van der Waals surface area contributed by atoms with Crippen LogP contribution in [0.4, 0.5) is 5.69 Å². The lowest BCUT2D eigenvalue weighted by molar-refractivity contribution is 0.376. The molecule has 0 aromatic heterocycles. The highest BCUT2D eigenvalue weighted by Crippen LogP contribution is 2.29. The van der Waals surface area contributed by atoms with E-state index in [9.17, 15) is 0 Å². The van der Waals surface area contributed by atoms with Gasteiger partial charge in [0.15, 0.2) is 5.96 Å². The van der Waals surface area contributed by atoms with Crippen LogP contribution in [0.2, 0.25) is 0 Å². The van der Waals surface area contributed by atoms with Crippen molar-refractivity contribution in [2.75, 3.05) is 43.9 Å². The van der Waals surface area contributed by atoms with Crippen molar-refractivity contribution in [1.29, 1.82) is 0 Å². The number of guanidine groups is 1. The molecule has 2 heterocycles. The summed E-state index contributed by atoms with van der Waals surface area (Å²) in [4.78, 5) is 9.22. The maximum absolute atomic E-state index is 4.48. The molecule has 0 bridgehead atoms. The number of benzene rings is 1. The van der Waals surface area contributed by atoms with Gasteiger partial charge < -0.3 is 15.1 Å². The Morgan fingerprint density at radius 1 is 1.21 bits per heavy atom. The highest BCUT2D eigenvalue weighted by atomic mass is 32.2. The molecule has 0 atom stereocenters. The summed E-state index contributed by atoms with van der Waals surface area (Å²) < 4.78 is 0.293. The van der Waals surface area contributed by atoms with Gasteiger partial charge in [0.1, 0.15) is 0 Å². The Kier molecular flexibility index (Phi) is 5.39. The topological polar surface area (TPSA) is 30.9 Å². The number of nitrogens with zero attached hydrogens (tertiary/aromatic N) is 3. The molecule has 1 aromatic carbocycles. The van der Waals surface area contributed by atoms with E-state index in [2.05, 4.69) is 70.4 Å². The third kappa shape index (κ3) is 4.26. The first-order chi connectivity index (χ1) is 11.6. The van der Waals surface area contributed by atoms with Gasteiger partial charge in [-0.05, 0) is 31.5 Å². The molecular weight excluding hydrogens is 316 g/mol. The van der Waals surface area contributed by atoms with E-state index in [-0.39, 0.29) is 0 Å². The van der Waals surface area contributed by atoms with Crippen LogP contribution in [-0.2, 0) is 6.54 Å². The van der Waals surface area contributed by atoms with Gasteiger partial charge in [0.25, 0.3) is 0 Å². The monoisotopic (exact) mass is 344 g/mol. The molecule has 2 aliphatic rings. The standard InChI is InChI=1S/C19H28N4S/c1-19(2)15-23(12-13-24-19)18(20-3)21-14-16-6-8-17(9-7-16)22-10-4-5-11-22/h4-9H,10-15H2,1-3H3,(H,20,21). The van der Waals surface area contributed by atoms with Gasteiger partial charge in [0, 0.05) is 56.0 Å². The van der Waals surface area contributed by atoms with Gasteiger partial charge in [-0.25, -0.2) is 0 Å². The van der Waals surface area contributed by atoms with Gasteiger partial charge in [-0.1, -0.05) is 24.3 Å². The minimum Gasteiger partial charge on any atom is -0.364 e. The fourth-order valence-corrected chi connectivity index (χ4v) is 4.34. The van der Waals surface area contributed by atoms with Gasteiger partial charge in [-0.15, -0.1) is 0 Å². The Hall–Kier alpha value is -1.62. The molecule has 0 saturated carbocycles. The molecule has 1 saturated heterocycles. The van der Waals surface area contributed by atoms with Gasteiger partial charge in [-0.2, -0.15) is 11.8 Å². The minimum absolute atomic E-state index is 0.293. The number of nitrogens with one attached hydrogen (secondary N) is 1. The fourth-order valence-electron chi connectivity index (χ4n) is 3.22. The highest BCUT2D eigenvalue weighted by molar-refractivity contribution is 8.00. The Bertz CT molecular complexity index is 598. The number of hydrogen-bond donors (Lipinski definition) is 1. The quantitative estimate of drug-likeness (QED) is 0.519. The van der Waals surface area contributed by atoms with E-state index in [0.29, 0.717) is 4.75 Å². The van der Waals surface area contributed by atoms with Crippen LogP contribution in [-0.4, -0.2) is 54.6 Å². The van der Waals surface area contributed by atoms with Crippen LogP contribution < -0.4 is 10.2 Å². The number of anilines is 1. The second-order valence-corrected chi connectivity index (χ2v) is 8.78. The average Bonchev–Trinajstić information content (AvgIpc) is 3.10. The normalized spacial score (nSPS) is 20.5. The fraction of sp³-hybridized carbons (Fsp3) is 0.526. The molecule has 2 aliphatic heterocycles. The van der Waals surface area contributed by atoms with Crippen LogP contribution >= 0.6 is 11.8 Å². The third-order valence-corrected chi connectivity index (χ3v) is 5.80. The second kappa shape index (κ2) is 7.51. The van der Waals surface area contributed by atoms with E-state index >= 15 is 0 Å². The van der Waals surface area contributed by atoms with E-state index < -0.39 is 0 Å². The third-order valence-electron chi connectivity index (χ3n) is 4.51. The van der Waals surface area contributed by atoms with Crippen LogP contribution in [0.15, 0.2) is 41.4 Å². The lowest BCUT2D eigenvalue weighted by Crippen LogP contribution is -2.50. The van der Waals surface area contributed by atoms with Crippen molar-refractivity contribution < 1.29 is 0 Å². The summed E-state index contributed by atoms with van der Waals surface area (Å²) in [5, 5.41) is 3.52. The van der Waals surface area contributed by atoms with Crippen LogP contribution in [0, 0.1) is 0 Å². The Labute approximate surface area is 150 Å². The molecule has 1 fully saturated rings. The smallest absolute Gasteiger partial charge is 0.193 e. The molecular formula is C19H28N4S. The van der Waals surface area contributed by atoms with E-state index in [1.165, 1.54) is 11.3 Å².